The van der Waals surface area contributed by atoms with Gasteiger partial charge in [0.25, 0.3) is 0 Å². The molecular formula is C64H121NO3. The first kappa shape index (κ1) is 66.3. The van der Waals surface area contributed by atoms with Crippen LogP contribution in [0.25, 0.3) is 0 Å². The number of aliphatic hydroxyl groups is 2. The van der Waals surface area contributed by atoms with Crippen LogP contribution in [0.15, 0.2) is 48.6 Å². The average Bonchev–Trinajstić information content (AvgIpc) is 3.34. The van der Waals surface area contributed by atoms with Gasteiger partial charge in [-0.1, -0.05) is 306 Å². The first-order valence-electron chi connectivity index (χ1n) is 30.9. The molecule has 0 aromatic rings. The third-order valence-corrected chi connectivity index (χ3v) is 14.3. The van der Waals surface area contributed by atoms with Crippen molar-refractivity contribution in [3.05, 3.63) is 48.6 Å². The molecule has 3 N–H and O–H groups in total. The molecule has 0 heterocycles. The van der Waals surface area contributed by atoms with E-state index in [9.17, 15) is 15.0 Å². The zero-order valence-corrected chi connectivity index (χ0v) is 46.1. The predicted octanol–water partition coefficient (Wildman–Crippen LogP) is 20.6. The number of allylic oxidation sites excluding steroid dienone is 7. The van der Waals surface area contributed by atoms with Crippen molar-refractivity contribution in [1.29, 1.82) is 0 Å². The molecule has 2 unspecified atom stereocenters. The number of hydrogen-bond donors (Lipinski definition) is 3. The molecule has 400 valence electrons. The van der Waals surface area contributed by atoms with Gasteiger partial charge in [0, 0.05) is 6.42 Å². The smallest absolute Gasteiger partial charge is 0.220 e. The lowest BCUT2D eigenvalue weighted by atomic mass is 10.0. The van der Waals surface area contributed by atoms with Gasteiger partial charge < -0.3 is 15.5 Å². The maximum Gasteiger partial charge on any atom is 0.220 e. The van der Waals surface area contributed by atoms with Gasteiger partial charge in [0.05, 0.1) is 18.8 Å². The van der Waals surface area contributed by atoms with Crippen LogP contribution in [0.2, 0.25) is 0 Å². The first-order chi connectivity index (χ1) is 33.7. The van der Waals surface area contributed by atoms with E-state index in [-0.39, 0.29) is 12.5 Å². The molecule has 4 nitrogen and oxygen atoms in total. The van der Waals surface area contributed by atoms with Gasteiger partial charge in [0.1, 0.15) is 0 Å². The molecule has 0 aromatic heterocycles. The second kappa shape index (κ2) is 59.7. The van der Waals surface area contributed by atoms with Gasteiger partial charge in [-0.3, -0.25) is 4.79 Å². The number of unbranched alkanes of at least 4 members (excludes halogenated alkanes) is 44. The van der Waals surface area contributed by atoms with E-state index in [4.69, 9.17) is 0 Å². The molecule has 2 atom stereocenters. The molecule has 0 saturated heterocycles. The Labute approximate surface area is 426 Å². The van der Waals surface area contributed by atoms with E-state index >= 15 is 0 Å². The highest BCUT2D eigenvalue weighted by molar-refractivity contribution is 5.76. The zero-order valence-electron chi connectivity index (χ0n) is 46.1. The van der Waals surface area contributed by atoms with Crippen LogP contribution < -0.4 is 5.32 Å². The van der Waals surface area contributed by atoms with Crippen LogP contribution in [0.4, 0.5) is 0 Å². The largest absolute Gasteiger partial charge is 0.394 e. The van der Waals surface area contributed by atoms with E-state index in [1.807, 2.05) is 6.08 Å². The number of carbonyl (C=O) groups is 1. The van der Waals surface area contributed by atoms with Crippen LogP contribution in [-0.2, 0) is 4.79 Å². The SMILES string of the molecule is CCCCCCCCCC/C=C\CCCCCCCCCCCCCCCCCC(=O)NC(CO)C(O)/C=C/CC/C=C/CC/C=C/CCCCCCCCCCCCCCCCCCCCC. The van der Waals surface area contributed by atoms with Gasteiger partial charge >= 0.3 is 0 Å². The summed E-state index contributed by atoms with van der Waals surface area (Å²) in [6.07, 6.45) is 83.0. The van der Waals surface area contributed by atoms with Crippen molar-refractivity contribution in [2.45, 2.75) is 347 Å². The van der Waals surface area contributed by atoms with Gasteiger partial charge in [0.2, 0.25) is 5.91 Å². The summed E-state index contributed by atoms with van der Waals surface area (Å²) >= 11 is 0. The number of hydrogen-bond acceptors (Lipinski definition) is 3. The first-order valence-corrected chi connectivity index (χ1v) is 30.9. The Bertz CT molecular complexity index is 1080. The van der Waals surface area contributed by atoms with Crippen LogP contribution in [0, 0.1) is 0 Å². The summed E-state index contributed by atoms with van der Waals surface area (Å²) in [7, 11) is 0. The molecule has 4 heteroatoms. The third kappa shape index (κ3) is 55.3. The highest BCUT2D eigenvalue weighted by Crippen LogP contribution is 2.17. The van der Waals surface area contributed by atoms with Gasteiger partial charge in [-0.05, 0) is 70.6 Å². The van der Waals surface area contributed by atoms with Gasteiger partial charge in [0.15, 0.2) is 0 Å². The molecular weight excluding hydrogens is 831 g/mol. The quantitative estimate of drug-likeness (QED) is 0.0420. The van der Waals surface area contributed by atoms with Gasteiger partial charge in [-0.2, -0.15) is 0 Å². The van der Waals surface area contributed by atoms with E-state index in [0.29, 0.717) is 6.42 Å². The summed E-state index contributed by atoms with van der Waals surface area (Å²) in [5, 5.41) is 23.2. The van der Waals surface area contributed by atoms with E-state index in [1.165, 1.54) is 276 Å². The van der Waals surface area contributed by atoms with Crippen LogP contribution in [0.5, 0.6) is 0 Å². The molecule has 0 saturated carbocycles. The average molecular weight is 953 g/mol. The maximum absolute atomic E-state index is 12.5. The minimum atomic E-state index is -0.872. The fourth-order valence-corrected chi connectivity index (χ4v) is 9.56. The number of rotatable bonds is 57. The lowest BCUT2D eigenvalue weighted by Gasteiger charge is -2.19. The molecule has 0 spiro atoms. The van der Waals surface area contributed by atoms with Gasteiger partial charge in [-0.15, -0.1) is 0 Å². The Kier molecular flexibility index (Phi) is 58.2. The van der Waals surface area contributed by atoms with Crippen molar-refractivity contribution in [2.24, 2.45) is 0 Å². The molecule has 0 rings (SSSR count). The second-order valence-electron chi connectivity index (χ2n) is 21.1. The molecule has 0 radical (unpaired) electrons. The van der Waals surface area contributed by atoms with Crippen LogP contribution in [-0.4, -0.2) is 34.9 Å². The van der Waals surface area contributed by atoms with E-state index in [1.54, 1.807) is 6.08 Å². The summed E-state index contributed by atoms with van der Waals surface area (Å²) in [4.78, 5) is 12.5. The molecule has 0 aliphatic carbocycles. The Morgan fingerprint density at radius 2 is 0.574 bits per heavy atom. The van der Waals surface area contributed by atoms with Crippen LogP contribution >= 0.6 is 0 Å². The number of carbonyl (C=O) groups excluding carboxylic acids is 1. The monoisotopic (exact) mass is 952 g/mol. The van der Waals surface area contributed by atoms with Crippen molar-refractivity contribution in [1.82, 2.24) is 5.32 Å². The normalized spacial score (nSPS) is 13.1. The second-order valence-corrected chi connectivity index (χ2v) is 21.1. The fraction of sp³-hybridized carbons (Fsp3) is 0.859. The van der Waals surface area contributed by atoms with Crippen molar-refractivity contribution >= 4 is 5.91 Å². The van der Waals surface area contributed by atoms with Crippen molar-refractivity contribution in [3.8, 4) is 0 Å². The Hall–Kier alpha value is -1.65. The molecule has 0 aliphatic rings. The van der Waals surface area contributed by atoms with E-state index in [0.717, 1.165) is 38.5 Å². The van der Waals surface area contributed by atoms with E-state index in [2.05, 4.69) is 55.6 Å². The predicted molar refractivity (Wildman–Crippen MR) is 304 cm³/mol. The van der Waals surface area contributed by atoms with Crippen LogP contribution in [0.3, 0.4) is 0 Å². The Morgan fingerprint density at radius 3 is 0.853 bits per heavy atom. The lowest BCUT2D eigenvalue weighted by molar-refractivity contribution is -0.123. The number of aliphatic hydroxyl groups excluding tert-OH is 2. The summed E-state index contributed by atoms with van der Waals surface area (Å²) in [5.41, 5.74) is 0. The van der Waals surface area contributed by atoms with Crippen molar-refractivity contribution in [3.63, 3.8) is 0 Å². The third-order valence-electron chi connectivity index (χ3n) is 14.3. The topological polar surface area (TPSA) is 69.6 Å². The minimum Gasteiger partial charge on any atom is -0.394 e. The molecule has 0 aliphatic heterocycles. The highest BCUT2D eigenvalue weighted by Gasteiger charge is 2.18. The van der Waals surface area contributed by atoms with Gasteiger partial charge in [-0.25, -0.2) is 0 Å². The minimum absolute atomic E-state index is 0.0733. The fourth-order valence-electron chi connectivity index (χ4n) is 9.56. The maximum atomic E-state index is 12.5. The highest BCUT2D eigenvalue weighted by atomic mass is 16.3. The molecule has 1 amide bonds. The number of amides is 1. The molecule has 0 aromatic carbocycles. The zero-order chi connectivity index (χ0) is 49.2. The standard InChI is InChI=1S/C64H121NO3/c1-3-5-7-9-11-13-15-17-19-21-23-25-27-29-31-32-34-35-37-39-41-43-45-47-49-51-53-55-57-59-63(67)62(61-66)65-64(68)60-58-56-54-52-50-48-46-44-42-40-38-36-33-30-28-26-24-22-20-18-16-14-12-10-8-6-4-2/h22,24,41,43,49,51,57,59,62-63,66-67H,3-21,23,25-40,42,44-48,50,52-56,58,60-61H2,1-2H3,(H,65,68)/b24-22-,43-41+,51-49+,59-57+. The summed E-state index contributed by atoms with van der Waals surface area (Å²) in [6, 6.07) is -0.647. The van der Waals surface area contributed by atoms with Crippen molar-refractivity contribution in [2.75, 3.05) is 6.61 Å². The van der Waals surface area contributed by atoms with Crippen molar-refractivity contribution < 1.29 is 15.0 Å². The Balaban J connectivity index is 3.52. The summed E-state index contributed by atoms with van der Waals surface area (Å²) in [6.45, 7) is 4.33. The molecule has 68 heavy (non-hydrogen) atoms. The summed E-state index contributed by atoms with van der Waals surface area (Å²) < 4.78 is 0. The molecule has 0 fully saturated rings. The number of nitrogens with one attached hydrogen (secondary N) is 1. The lowest BCUT2D eigenvalue weighted by Crippen LogP contribution is -2.45. The van der Waals surface area contributed by atoms with E-state index < -0.39 is 12.1 Å². The van der Waals surface area contributed by atoms with Crippen LogP contribution in [0.1, 0.15) is 335 Å². The Morgan fingerprint density at radius 1 is 0.338 bits per heavy atom. The molecule has 0 bridgehead atoms. The summed E-state index contributed by atoms with van der Waals surface area (Å²) in [5.74, 6) is -0.0733.